The van der Waals surface area contributed by atoms with Crippen LogP contribution in [0.2, 0.25) is 0 Å². The molecule has 0 saturated heterocycles. The standard InChI is InChI=1S/C16H26O5S/c1-11(2)7-13(17)9-21-22(19,20)10-16-6-5-12(8-14(16)18)15(16,3)4/h11-12H,5-10H2,1-4H3. The lowest BCUT2D eigenvalue weighted by Crippen LogP contribution is -2.42. The van der Waals surface area contributed by atoms with Gasteiger partial charge in [0, 0.05) is 12.8 Å². The van der Waals surface area contributed by atoms with Crippen molar-refractivity contribution < 1.29 is 22.2 Å². The van der Waals surface area contributed by atoms with E-state index in [1.165, 1.54) is 0 Å². The van der Waals surface area contributed by atoms with Gasteiger partial charge in [-0.3, -0.25) is 13.8 Å². The molecule has 0 spiro atoms. The van der Waals surface area contributed by atoms with E-state index in [9.17, 15) is 18.0 Å². The third kappa shape index (κ3) is 3.00. The third-order valence-corrected chi connectivity index (χ3v) is 6.92. The van der Waals surface area contributed by atoms with Crippen LogP contribution in [0.25, 0.3) is 0 Å². The molecule has 2 bridgehead atoms. The minimum Gasteiger partial charge on any atom is -0.299 e. The Morgan fingerprint density at radius 1 is 1.36 bits per heavy atom. The molecule has 2 saturated carbocycles. The fraction of sp³-hybridized carbons (Fsp3) is 0.875. The molecule has 2 atom stereocenters. The number of fused-ring (bicyclic) bond motifs is 2. The van der Waals surface area contributed by atoms with Crippen molar-refractivity contribution in [2.75, 3.05) is 12.4 Å². The Kier molecular flexibility index (Phi) is 4.57. The smallest absolute Gasteiger partial charge is 0.268 e. The van der Waals surface area contributed by atoms with Crippen molar-refractivity contribution in [1.82, 2.24) is 0 Å². The molecular weight excluding hydrogens is 304 g/mol. The lowest BCUT2D eigenvalue weighted by molar-refractivity contribution is -0.128. The molecule has 0 aliphatic heterocycles. The first-order valence-corrected chi connectivity index (χ1v) is 9.50. The Morgan fingerprint density at radius 2 is 2.00 bits per heavy atom. The van der Waals surface area contributed by atoms with Crippen molar-refractivity contribution in [2.24, 2.45) is 22.7 Å². The average molecular weight is 330 g/mol. The van der Waals surface area contributed by atoms with E-state index >= 15 is 0 Å². The van der Waals surface area contributed by atoms with Gasteiger partial charge in [-0.2, -0.15) is 8.42 Å². The quantitative estimate of drug-likeness (QED) is 0.670. The summed E-state index contributed by atoms with van der Waals surface area (Å²) in [5.41, 5.74) is -1.15. The number of hydrogen-bond donors (Lipinski definition) is 0. The van der Waals surface area contributed by atoms with Crippen LogP contribution in [0.4, 0.5) is 0 Å². The summed E-state index contributed by atoms with van der Waals surface area (Å²) >= 11 is 0. The van der Waals surface area contributed by atoms with E-state index in [-0.39, 0.29) is 34.6 Å². The number of Topliss-reactive ketones (excluding diaryl/α,β-unsaturated/α-hetero) is 2. The Bertz CT molecular complexity index is 575. The van der Waals surface area contributed by atoms with Crippen molar-refractivity contribution in [3.8, 4) is 0 Å². The number of hydrogen-bond acceptors (Lipinski definition) is 5. The molecule has 0 heterocycles. The van der Waals surface area contributed by atoms with Gasteiger partial charge in [0.2, 0.25) is 0 Å². The molecule has 0 aromatic carbocycles. The summed E-state index contributed by atoms with van der Waals surface area (Å²) in [6, 6.07) is 0. The Labute approximate surface area is 132 Å². The van der Waals surface area contributed by atoms with Gasteiger partial charge < -0.3 is 0 Å². The predicted octanol–water partition coefficient (Wildman–Crippen LogP) is 2.34. The maximum atomic E-state index is 12.3. The molecule has 126 valence electrons. The highest BCUT2D eigenvalue weighted by Gasteiger charge is 2.65. The minimum atomic E-state index is -3.89. The van der Waals surface area contributed by atoms with E-state index in [0.29, 0.717) is 19.3 Å². The van der Waals surface area contributed by atoms with Crippen LogP contribution in [0.5, 0.6) is 0 Å². The van der Waals surface area contributed by atoms with Crippen LogP contribution in [-0.2, 0) is 23.9 Å². The van der Waals surface area contributed by atoms with Gasteiger partial charge in [0.15, 0.2) is 5.78 Å². The topological polar surface area (TPSA) is 77.5 Å². The number of ketones is 2. The highest BCUT2D eigenvalue weighted by Crippen LogP contribution is 2.64. The monoisotopic (exact) mass is 330 g/mol. The van der Waals surface area contributed by atoms with Crippen LogP contribution < -0.4 is 0 Å². The molecule has 0 aromatic heterocycles. The number of rotatable bonds is 7. The van der Waals surface area contributed by atoms with Crippen LogP contribution in [0, 0.1) is 22.7 Å². The van der Waals surface area contributed by atoms with Gasteiger partial charge >= 0.3 is 0 Å². The molecule has 0 amide bonds. The largest absolute Gasteiger partial charge is 0.299 e. The first kappa shape index (κ1) is 17.6. The van der Waals surface area contributed by atoms with E-state index in [0.717, 1.165) is 6.42 Å². The zero-order valence-electron chi connectivity index (χ0n) is 13.8. The summed E-state index contributed by atoms with van der Waals surface area (Å²) in [6.45, 7) is 7.33. The number of carbonyl (C=O) groups is 2. The first-order chi connectivity index (χ1) is 10.0. The lowest BCUT2D eigenvalue weighted by atomic mass is 9.70. The second-order valence-corrected chi connectivity index (χ2v) is 9.41. The summed E-state index contributed by atoms with van der Waals surface area (Å²) in [5.74, 6) is -0.0509. The summed E-state index contributed by atoms with van der Waals surface area (Å²) in [6.07, 6.45) is 2.26. The van der Waals surface area contributed by atoms with Crippen molar-refractivity contribution in [2.45, 2.75) is 53.4 Å². The van der Waals surface area contributed by atoms with E-state index in [4.69, 9.17) is 4.18 Å². The molecule has 0 N–H and O–H groups in total. The Hall–Kier alpha value is -0.750. The highest BCUT2D eigenvalue weighted by molar-refractivity contribution is 7.86. The summed E-state index contributed by atoms with van der Waals surface area (Å²) in [4.78, 5) is 24.0. The molecule has 6 heteroatoms. The van der Waals surface area contributed by atoms with E-state index in [1.807, 2.05) is 27.7 Å². The SMILES string of the molecule is CC(C)CC(=O)COS(=O)(=O)CC12CCC(CC1=O)C2(C)C. The van der Waals surface area contributed by atoms with Gasteiger partial charge in [0.05, 0.1) is 11.2 Å². The van der Waals surface area contributed by atoms with Gasteiger partial charge in [0.25, 0.3) is 10.1 Å². The minimum absolute atomic E-state index is 0.0365. The first-order valence-electron chi connectivity index (χ1n) is 7.92. The van der Waals surface area contributed by atoms with Crippen molar-refractivity contribution in [1.29, 1.82) is 0 Å². The molecule has 2 aliphatic rings. The van der Waals surface area contributed by atoms with Crippen molar-refractivity contribution >= 4 is 21.7 Å². The Balaban J connectivity index is 2.06. The summed E-state index contributed by atoms with van der Waals surface area (Å²) in [7, 11) is -3.89. The third-order valence-electron chi connectivity index (χ3n) is 5.60. The molecule has 2 unspecified atom stereocenters. The molecule has 22 heavy (non-hydrogen) atoms. The second-order valence-electron chi connectivity index (χ2n) is 7.77. The van der Waals surface area contributed by atoms with E-state index < -0.39 is 22.1 Å². The van der Waals surface area contributed by atoms with Gasteiger partial charge in [-0.1, -0.05) is 27.7 Å². The highest BCUT2D eigenvalue weighted by atomic mass is 32.2. The normalized spacial score (nSPS) is 30.2. The molecule has 5 nitrogen and oxygen atoms in total. The summed E-state index contributed by atoms with van der Waals surface area (Å²) in [5, 5.41) is 0. The molecule has 2 rings (SSSR count). The molecule has 2 aliphatic carbocycles. The molecule has 0 radical (unpaired) electrons. The van der Waals surface area contributed by atoms with Crippen LogP contribution in [0.1, 0.15) is 53.4 Å². The maximum absolute atomic E-state index is 12.3. The lowest BCUT2D eigenvalue weighted by Gasteiger charge is -2.35. The predicted molar refractivity (Wildman–Crippen MR) is 82.8 cm³/mol. The molecule has 2 fully saturated rings. The van der Waals surface area contributed by atoms with Gasteiger partial charge in [-0.25, -0.2) is 0 Å². The van der Waals surface area contributed by atoms with Crippen LogP contribution in [0.3, 0.4) is 0 Å². The van der Waals surface area contributed by atoms with E-state index in [2.05, 4.69) is 0 Å². The van der Waals surface area contributed by atoms with Gasteiger partial charge in [0.1, 0.15) is 12.4 Å². The van der Waals surface area contributed by atoms with Crippen LogP contribution in [0.15, 0.2) is 0 Å². The maximum Gasteiger partial charge on any atom is 0.268 e. The van der Waals surface area contributed by atoms with Gasteiger partial charge in [-0.05, 0) is 30.1 Å². The van der Waals surface area contributed by atoms with Crippen LogP contribution >= 0.6 is 0 Å². The van der Waals surface area contributed by atoms with E-state index in [1.54, 1.807) is 0 Å². The molecule has 0 aromatic rings. The van der Waals surface area contributed by atoms with Gasteiger partial charge in [-0.15, -0.1) is 0 Å². The fourth-order valence-corrected chi connectivity index (χ4v) is 5.80. The van der Waals surface area contributed by atoms with Crippen LogP contribution in [-0.4, -0.2) is 32.3 Å². The Morgan fingerprint density at radius 3 is 2.45 bits per heavy atom. The van der Waals surface area contributed by atoms with Crippen molar-refractivity contribution in [3.05, 3.63) is 0 Å². The number of carbonyl (C=O) groups excluding carboxylic acids is 2. The molecular formula is C16H26O5S. The zero-order chi connectivity index (χ0) is 16.8. The summed E-state index contributed by atoms with van der Waals surface area (Å²) < 4.78 is 29.4. The second kappa shape index (κ2) is 5.71. The average Bonchev–Trinajstić information content (AvgIpc) is 2.69. The fourth-order valence-electron chi connectivity index (χ4n) is 4.12. The zero-order valence-corrected chi connectivity index (χ0v) is 14.7. The van der Waals surface area contributed by atoms with Crippen molar-refractivity contribution in [3.63, 3.8) is 0 Å².